The molecule has 21 heavy (non-hydrogen) atoms. The van der Waals surface area contributed by atoms with E-state index >= 15 is 0 Å². The molecule has 0 saturated carbocycles. The van der Waals surface area contributed by atoms with E-state index in [1.54, 1.807) is 4.68 Å². The maximum Gasteiger partial charge on any atom is 0.226 e. The summed E-state index contributed by atoms with van der Waals surface area (Å²) >= 11 is 2.23. The smallest absolute Gasteiger partial charge is 0.226 e. The SMILES string of the molecule is CCOc1ccc(NC(=O)CCn2cc(I)c(C)n2)cc1. The number of hydrogen-bond donors (Lipinski definition) is 1. The molecule has 1 heterocycles. The van der Waals surface area contributed by atoms with Gasteiger partial charge in [0.2, 0.25) is 5.91 Å². The van der Waals surface area contributed by atoms with E-state index < -0.39 is 0 Å². The van der Waals surface area contributed by atoms with Crippen LogP contribution in [0.25, 0.3) is 0 Å². The summed E-state index contributed by atoms with van der Waals surface area (Å²) in [5, 5.41) is 7.20. The molecule has 112 valence electrons. The van der Waals surface area contributed by atoms with Crippen molar-refractivity contribution in [3.8, 4) is 5.75 Å². The van der Waals surface area contributed by atoms with Gasteiger partial charge in [-0.2, -0.15) is 5.10 Å². The van der Waals surface area contributed by atoms with E-state index in [1.807, 2.05) is 44.3 Å². The Bertz CT molecular complexity index is 588. The third-order valence-corrected chi connectivity index (χ3v) is 3.96. The summed E-state index contributed by atoms with van der Waals surface area (Å²) in [6.07, 6.45) is 2.34. The molecule has 0 radical (unpaired) electrons. The molecule has 1 aromatic heterocycles. The van der Waals surface area contributed by atoms with Crippen LogP contribution in [0.4, 0.5) is 5.69 Å². The highest BCUT2D eigenvalue weighted by Gasteiger charge is 2.06. The number of nitrogens with one attached hydrogen (secondary N) is 1. The van der Waals surface area contributed by atoms with Crippen molar-refractivity contribution in [3.05, 3.63) is 39.7 Å². The van der Waals surface area contributed by atoms with Crippen molar-refractivity contribution >= 4 is 34.2 Å². The number of carbonyl (C=O) groups excluding carboxylic acids is 1. The highest BCUT2D eigenvalue weighted by Crippen LogP contribution is 2.16. The van der Waals surface area contributed by atoms with Gasteiger partial charge in [0.25, 0.3) is 0 Å². The number of carbonyl (C=O) groups is 1. The lowest BCUT2D eigenvalue weighted by atomic mass is 10.3. The van der Waals surface area contributed by atoms with Crippen molar-refractivity contribution in [2.75, 3.05) is 11.9 Å². The van der Waals surface area contributed by atoms with Gasteiger partial charge < -0.3 is 10.1 Å². The zero-order valence-corrected chi connectivity index (χ0v) is 14.3. The Hall–Kier alpha value is -1.57. The Kier molecular flexibility index (Phi) is 5.60. The molecule has 1 amide bonds. The van der Waals surface area contributed by atoms with E-state index in [0.29, 0.717) is 19.6 Å². The third kappa shape index (κ3) is 4.73. The van der Waals surface area contributed by atoms with Crippen LogP contribution in [0.1, 0.15) is 19.0 Å². The van der Waals surface area contributed by atoms with Gasteiger partial charge in [0.15, 0.2) is 0 Å². The van der Waals surface area contributed by atoms with E-state index in [9.17, 15) is 4.79 Å². The topological polar surface area (TPSA) is 56.1 Å². The molecular formula is C15H18IN3O2. The lowest BCUT2D eigenvalue weighted by molar-refractivity contribution is -0.116. The van der Waals surface area contributed by atoms with Crippen LogP contribution in [0.2, 0.25) is 0 Å². The van der Waals surface area contributed by atoms with Crippen molar-refractivity contribution in [2.45, 2.75) is 26.8 Å². The Balaban J connectivity index is 1.83. The van der Waals surface area contributed by atoms with Crippen molar-refractivity contribution in [1.29, 1.82) is 0 Å². The number of ether oxygens (including phenoxy) is 1. The summed E-state index contributed by atoms with van der Waals surface area (Å²) in [5.41, 5.74) is 1.76. The molecule has 0 aliphatic rings. The van der Waals surface area contributed by atoms with Crippen LogP contribution in [0, 0.1) is 10.5 Å². The van der Waals surface area contributed by atoms with Crippen molar-refractivity contribution in [3.63, 3.8) is 0 Å². The zero-order chi connectivity index (χ0) is 15.2. The lowest BCUT2D eigenvalue weighted by Crippen LogP contribution is -2.14. The number of hydrogen-bond acceptors (Lipinski definition) is 3. The van der Waals surface area contributed by atoms with Gasteiger partial charge in [-0.1, -0.05) is 0 Å². The maximum atomic E-state index is 11.9. The number of rotatable bonds is 6. The fourth-order valence-electron chi connectivity index (χ4n) is 1.85. The zero-order valence-electron chi connectivity index (χ0n) is 12.1. The molecule has 2 rings (SSSR count). The van der Waals surface area contributed by atoms with E-state index in [4.69, 9.17) is 4.74 Å². The van der Waals surface area contributed by atoms with Crippen LogP contribution in [0.5, 0.6) is 5.75 Å². The third-order valence-electron chi connectivity index (χ3n) is 2.90. The minimum Gasteiger partial charge on any atom is -0.494 e. The predicted molar refractivity (Wildman–Crippen MR) is 90.5 cm³/mol. The van der Waals surface area contributed by atoms with E-state index in [1.165, 1.54) is 0 Å². The Labute approximate surface area is 137 Å². The molecule has 0 aliphatic heterocycles. The molecular weight excluding hydrogens is 381 g/mol. The molecule has 1 aromatic carbocycles. The van der Waals surface area contributed by atoms with Gasteiger partial charge in [0, 0.05) is 24.8 Å². The van der Waals surface area contributed by atoms with Gasteiger partial charge in [0.05, 0.1) is 15.9 Å². The maximum absolute atomic E-state index is 11.9. The Morgan fingerprint density at radius 3 is 2.67 bits per heavy atom. The van der Waals surface area contributed by atoms with Crippen LogP contribution in [-0.4, -0.2) is 22.3 Å². The fourth-order valence-corrected chi connectivity index (χ4v) is 2.28. The second-order valence-corrected chi connectivity index (χ2v) is 5.74. The van der Waals surface area contributed by atoms with Crippen LogP contribution >= 0.6 is 22.6 Å². The summed E-state index contributed by atoms with van der Waals surface area (Å²) in [6, 6.07) is 7.37. The van der Waals surface area contributed by atoms with Gasteiger partial charge in [-0.15, -0.1) is 0 Å². The average Bonchev–Trinajstić information content (AvgIpc) is 2.78. The minimum absolute atomic E-state index is 0.0256. The summed E-state index contributed by atoms with van der Waals surface area (Å²) in [7, 11) is 0. The second-order valence-electron chi connectivity index (χ2n) is 4.58. The first kappa shape index (κ1) is 15.8. The summed E-state index contributed by atoms with van der Waals surface area (Å²) in [5.74, 6) is 0.777. The molecule has 5 nitrogen and oxygen atoms in total. The largest absolute Gasteiger partial charge is 0.494 e. The molecule has 0 unspecified atom stereocenters. The number of aromatic nitrogens is 2. The molecule has 0 spiro atoms. The molecule has 1 N–H and O–H groups in total. The molecule has 0 aliphatic carbocycles. The van der Waals surface area contributed by atoms with Crippen molar-refractivity contribution in [2.24, 2.45) is 0 Å². The second kappa shape index (κ2) is 7.44. The van der Waals surface area contributed by atoms with Crippen molar-refractivity contribution < 1.29 is 9.53 Å². The van der Waals surface area contributed by atoms with Gasteiger partial charge in [0.1, 0.15) is 5.75 Å². The van der Waals surface area contributed by atoms with Crippen molar-refractivity contribution in [1.82, 2.24) is 9.78 Å². The number of benzene rings is 1. The standard InChI is InChI=1S/C15H18IN3O2/c1-3-21-13-6-4-12(5-7-13)17-15(20)8-9-19-10-14(16)11(2)18-19/h4-7,10H,3,8-9H2,1-2H3,(H,17,20). The molecule has 0 fully saturated rings. The first-order valence-corrected chi connectivity index (χ1v) is 7.88. The molecule has 0 saturated heterocycles. The van der Waals surface area contributed by atoms with E-state index in [0.717, 1.165) is 20.7 Å². The monoisotopic (exact) mass is 399 g/mol. The first-order valence-electron chi connectivity index (χ1n) is 6.80. The highest BCUT2D eigenvalue weighted by atomic mass is 127. The Morgan fingerprint density at radius 1 is 1.38 bits per heavy atom. The van der Waals surface area contributed by atoms with E-state index in [2.05, 4.69) is 33.0 Å². The quantitative estimate of drug-likeness (QED) is 0.759. The fraction of sp³-hybridized carbons (Fsp3) is 0.333. The van der Waals surface area contributed by atoms with Gasteiger partial charge in [-0.3, -0.25) is 9.48 Å². The van der Waals surface area contributed by atoms with Gasteiger partial charge in [-0.05, 0) is 60.7 Å². The average molecular weight is 399 g/mol. The lowest BCUT2D eigenvalue weighted by Gasteiger charge is -2.07. The molecule has 6 heteroatoms. The normalized spacial score (nSPS) is 10.4. The van der Waals surface area contributed by atoms with Crippen LogP contribution in [0.3, 0.4) is 0 Å². The van der Waals surface area contributed by atoms with Crippen LogP contribution < -0.4 is 10.1 Å². The molecule has 0 atom stereocenters. The summed E-state index contributed by atoms with van der Waals surface area (Å²) in [4.78, 5) is 11.9. The number of nitrogens with zero attached hydrogens (tertiary/aromatic N) is 2. The number of amides is 1. The number of anilines is 1. The predicted octanol–water partition coefficient (Wildman–Crippen LogP) is 3.22. The van der Waals surface area contributed by atoms with Gasteiger partial charge in [-0.25, -0.2) is 0 Å². The molecule has 0 bridgehead atoms. The number of aryl methyl sites for hydroxylation is 2. The summed E-state index contributed by atoms with van der Waals surface area (Å²) < 4.78 is 8.27. The Morgan fingerprint density at radius 2 is 2.10 bits per heavy atom. The van der Waals surface area contributed by atoms with Crippen LogP contribution in [-0.2, 0) is 11.3 Å². The first-order chi connectivity index (χ1) is 10.1. The summed E-state index contributed by atoms with van der Waals surface area (Å²) in [6.45, 7) is 5.10. The number of halogens is 1. The highest BCUT2D eigenvalue weighted by molar-refractivity contribution is 14.1. The minimum atomic E-state index is -0.0256. The van der Waals surface area contributed by atoms with Crippen LogP contribution in [0.15, 0.2) is 30.5 Å². The molecule has 2 aromatic rings. The van der Waals surface area contributed by atoms with Gasteiger partial charge >= 0.3 is 0 Å². The van der Waals surface area contributed by atoms with E-state index in [-0.39, 0.29) is 5.91 Å².